The third-order valence-corrected chi connectivity index (χ3v) is 1.65. The van der Waals surface area contributed by atoms with Crippen molar-refractivity contribution in [2.75, 3.05) is 7.05 Å². The van der Waals surface area contributed by atoms with Gasteiger partial charge in [-0.1, -0.05) is 13.8 Å². The van der Waals surface area contributed by atoms with Gasteiger partial charge in [-0.3, -0.25) is 0 Å². The molecule has 0 aromatic carbocycles. The highest BCUT2D eigenvalue weighted by Crippen LogP contribution is 2.09. The summed E-state index contributed by atoms with van der Waals surface area (Å²) in [5.41, 5.74) is 1.11. The lowest BCUT2D eigenvalue weighted by molar-refractivity contribution is 0.725. The molecule has 1 N–H and O–H groups in total. The Bertz CT molecular complexity index is 245. The average molecular weight is 165 g/mol. The smallest absolute Gasteiger partial charge is 0.142 e. The molecule has 12 heavy (non-hydrogen) atoms. The molecule has 0 aliphatic carbocycles. The third kappa shape index (κ3) is 2.27. The summed E-state index contributed by atoms with van der Waals surface area (Å²) in [7, 11) is 1.89. The predicted molar refractivity (Wildman–Crippen MR) is 48.9 cm³/mol. The van der Waals surface area contributed by atoms with E-state index in [0.717, 1.165) is 18.1 Å². The van der Waals surface area contributed by atoms with Crippen molar-refractivity contribution in [2.24, 2.45) is 0 Å². The van der Waals surface area contributed by atoms with E-state index in [9.17, 15) is 0 Å². The zero-order valence-electron chi connectivity index (χ0n) is 7.83. The fraction of sp³-hybridized carbons (Fsp3) is 0.556. The second kappa shape index (κ2) is 4.16. The van der Waals surface area contributed by atoms with Crippen LogP contribution in [0.15, 0.2) is 12.3 Å². The van der Waals surface area contributed by atoms with E-state index < -0.39 is 0 Å². The molecule has 3 heteroatoms. The minimum atomic E-state index is 0.476. The first-order valence-corrected chi connectivity index (χ1v) is 4.20. The van der Waals surface area contributed by atoms with Gasteiger partial charge in [0.15, 0.2) is 0 Å². The van der Waals surface area contributed by atoms with Crippen molar-refractivity contribution < 1.29 is 0 Å². The average Bonchev–Trinajstić information content (AvgIpc) is 2.05. The van der Waals surface area contributed by atoms with Crippen molar-refractivity contribution in [3.05, 3.63) is 23.8 Å². The molecule has 0 aliphatic heterocycles. The minimum Gasteiger partial charge on any atom is -0.313 e. The summed E-state index contributed by atoms with van der Waals surface area (Å²) < 4.78 is 0. The summed E-state index contributed by atoms with van der Waals surface area (Å²) in [6.07, 6.45) is 1.81. The van der Waals surface area contributed by atoms with E-state index in [1.807, 2.05) is 19.3 Å². The van der Waals surface area contributed by atoms with E-state index in [1.54, 1.807) is 0 Å². The van der Waals surface area contributed by atoms with Gasteiger partial charge < -0.3 is 5.32 Å². The Labute approximate surface area is 73.2 Å². The van der Waals surface area contributed by atoms with Crippen LogP contribution in [0.2, 0.25) is 0 Å². The molecule has 66 valence electrons. The number of rotatable bonds is 3. The van der Waals surface area contributed by atoms with E-state index in [2.05, 4.69) is 29.1 Å². The van der Waals surface area contributed by atoms with Crippen LogP contribution in [-0.4, -0.2) is 17.0 Å². The maximum absolute atomic E-state index is 4.39. The lowest BCUT2D eigenvalue weighted by Gasteiger charge is -2.05. The van der Waals surface area contributed by atoms with Gasteiger partial charge in [-0.2, -0.15) is 0 Å². The molecule has 3 nitrogen and oxygen atoms in total. The van der Waals surface area contributed by atoms with Crippen LogP contribution in [0, 0.1) is 0 Å². The maximum atomic E-state index is 4.39. The minimum absolute atomic E-state index is 0.476. The van der Waals surface area contributed by atoms with Crippen molar-refractivity contribution in [1.82, 2.24) is 15.3 Å². The van der Waals surface area contributed by atoms with Gasteiger partial charge in [-0.15, -0.1) is 0 Å². The van der Waals surface area contributed by atoms with Crippen molar-refractivity contribution in [3.63, 3.8) is 0 Å². The maximum Gasteiger partial charge on any atom is 0.142 e. The standard InChI is InChI=1S/C9H15N3/c1-7(2)8-4-5-11-9(12-8)6-10-3/h4-5,7,10H,6H2,1-3H3. The summed E-state index contributed by atoms with van der Waals surface area (Å²) >= 11 is 0. The van der Waals surface area contributed by atoms with Gasteiger partial charge >= 0.3 is 0 Å². The van der Waals surface area contributed by atoms with Crippen molar-refractivity contribution >= 4 is 0 Å². The highest BCUT2D eigenvalue weighted by molar-refractivity contribution is 5.06. The predicted octanol–water partition coefficient (Wildman–Crippen LogP) is 1.32. The molecule has 0 bridgehead atoms. The Morgan fingerprint density at radius 2 is 2.25 bits per heavy atom. The van der Waals surface area contributed by atoms with Crippen LogP contribution in [-0.2, 0) is 6.54 Å². The monoisotopic (exact) mass is 165 g/mol. The van der Waals surface area contributed by atoms with Gasteiger partial charge in [0.2, 0.25) is 0 Å². The first-order valence-electron chi connectivity index (χ1n) is 4.20. The van der Waals surface area contributed by atoms with Gasteiger partial charge in [0.1, 0.15) is 5.82 Å². The Hall–Kier alpha value is -0.960. The highest BCUT2D eigenvalue weighted by atomic mass is 14.9. The van der Waals surface area contributed by atoms with Crippen molar-refractivity contribution in [2.45, 2.75) is 26.3 Å². The molecule has 1 rings (SSSR count). The summed E-state index contributed by atoms with van der Waals surface area (Å²) in [5, 5.41) is 3.03. The number of nitrogens with zero attached hydrogens (tertiary/aromatic N) is 2. The van der Waals surface area contributed by atoms with Crippen LogP contribution in [0.25, 0.3) is 0 Å². The molecule has 0 saturated heterocycles. The largest absolute Gasteiger partial charge is 0.313 e. The number of hydrogen-bond donors (Lipinski definition) is 1. The third-order valence-electron chi connectivity index (χ3n) is 1.65. The van der Waals surface area contributed by atoms with E-state index in [4.69, 9.17) is 0 Å². The van der Waals surface area contributed by atoms with Crippen molar-refractivity contribution in [3.8, 4) is 0 Å². The summed E-state index contributed by atoms with van der Waals surface area (Å²) in [6, 6.07) is 1.96. The van der Waals surface area contributed by atoms with Gasteiger partial charge in [0, 0.05) is 11.9 Å². The van der Waals surface area contributed by atoms with Gasteiger partial charge in [0.05, 0.1) is 6.54 Å². The van der Waals surface area contributed by atoms with Crippen LogP contribution in [0.5, 0.6) is 0 Å². The van der Waals surface area contributed by atoms with Crippen molar-refractivity contribution in [1.29, 1.82) is 0 Å². The van der Waals surface area contributed by atoms with E-state index >= 15 is 0 Å². The number of nitrogens with one attached hydrogen (secondary N) is 1. The Balaban J connectivity index is 2.81. The zero-order valence-corrected chi connectivity index (χ0v) is 7.83. The molecule has 1 heterocycles. The molecule has 0 fully saturated rings. The quantitative estimate of drug-likeness (QED) is 0.734. The lowest BCUT2D eigenvalue weighted by atomic mass is 10.1. The first kappa shape index (κ1) is 9.13. The molecule has 0 saturated carbocycles. The van der Waals surface area contributed by atoms with Crippen LogP contribution in [0.1, 0.15) is 31.3 Å². The summed E-state index contributed by atoms with van der Waals surface area (Å²) in [6.45, 7) is 5.00. The molecule has 0 amide bonds. The van der Waals surface area contributed by atoms with E-state index in [0.29, 0.717) is 5.92 Å². The number of hydrogen-bond acceptors (Lipinski definition) is 3. The molecular formula is C9H15N3. The molecule has 1 aromatic heterocycles. The van der Waals surface area contributed by atoms with Gasteiger partial charge in [0.25, 0.3) is 0 Å². The van der Waals surface area contributed by atoms with Gasteiger partial charge in [-0.05, 0) is 19.0 Å². The fourth-order valence-corrected chi connectivity index (χ4v) is 0.980. The molecule has 0 radical (unpaired) electrons. The zero-order chi connectivity index (χ0) is 8.97. The van der Waals surface area contributed by atoms with E-state index in [1.165, 1.54) is 0 Å². The lowest BCUT2D eigenvalue weighted by Crippen LogP contribution is -2.10. The van der Waals surface area contributed by atoms with E-state index in [-0.39, 0.29) is 0 Å². The Morgan fingerprint density at radius 1 is 1.50 bits per heavy atom. The van der Waals surface area contributed by atoms with Crippen LogP contribution in [0.4, 0.5) is 0 Å². The second-order valence-corrected chi connectivity index (χ2v) is 3.08. The normalized spacial score (nSPS) is 10.7. The highest BCUT2D eigenvalue weighted by Gasteiger charge is 2.01. The SMILES string of the molecule is CNCc1nccc(C(C)C)n1. The molecule has 1 aromatic rings. The van der Waals surface area contributed by atoms with Crippen LogP contribution >= 0.6 is 0 Å². The molecule has 0 unspecified atom stereocenters. The second-order valence-electron chi connectivity index (χ2n) is 3.08. The number of aromatic nitrogens is 2. The van der Waals surface area contributed by atoms with Crippen LogP contribution < -0.4 is 5.32 Å². The molecule has 0 atom stereocenters. The molecule has 0 aliphatic rings. The Kier molecular flexibility index (Phi) is 3.17. The molecule has 0 spiro atoms. The van der Waals surface area contributed by atoms with Gasteiger partial charge in [-0.25, -0.2) is 9.97 Å². The fourth-order valence-electron chi connectivity index (χ4n) is 0.980. The first-order chi connectivity index (χ1) is 5.74. The van der Waals surface area contributed by atoms with Crippen LogP contribution in [0.3, 0.4) is 0 Å². The summed E-state index contributed by atoms with van der Waals surface area (Å²) in [5.74, 6) is 1.34. The topological polar surface area (TPSA) is 37.8 Å². The molecular weight excluding hydrogens is 150 g/mol. The summed E-state index contributed by atoms with van der Waals surface area (Å²) in [4.78, 5) is 8.53. The Morgan fingerprint density at radius 3 is 2.83 bits per heavy atom.